The average molecular weight is 459 g/mol. The molecule has 0 atom stereocenters. The van der Waals surface area contributed by atoms with Crippen molar-refractivity contribution in [1.82, 2.24) is 4.90 Å². The zero-order valence-electron chi connectivity index (χ0n) is 20.3. The van der Waals surface area contributed by atoms with E-state index in [1.807, 2.05) is 60.7 Å². The molecular formula is C29H34N2O3. The molecule has 2 N–H and O–H groups in total. The first-order valence-corrected chi connectivity index (χ1v) is 11.9. The Kier molecular flexibility index (Phi) is 7.05. The van der Waals surface area contributed by atoms with Crippen LogP contribution in [0.5, 0.6) is 5.75 Å². The van der Waals surface area contributed by atoms with Gasteiger partial charge < -0.3 is 15.5 Å². The molecular weight excluding hydrogens is 424 g/mol. The standard InChI is InChI=1S/C29H34N2O3/c1-28(2,31(3)19-16-22-14-15-23-21-33-34-26(23)20-22)17-18-29(27(30)32,24-10-6-4-7-11-24)25-12-8-5-9-13-25/h4-15,20H,16-19,21H2,1-3H3,(H2,30,32). The Hall–Kier alpha value is -3.15. The predicted octanol–water partition coefficient (Wildman–Crippen LogP) is 5.02. The van der Waals surface area contributed by atoms with Gasteiger partial charge in [-0.25, -0.2) is 0 Å². The van der Waals surface area contributed by atoms with E-state index in [0.29, 0.717) is 13.0 Å². The topological polar surface area (TPSA) is 64.8 Å². The van der Waals surface area contributed by atoms with Crippen LogP contribution in [0.3, 0.4) is 0 Å². The number of hydrogen-bond acceptors (Lipinski definition) is 4. The summed E-state index contributed by atoms with van der Waals surface area (Å²) in [7, 11) is 2.14. The molecule has 1 aliphatic rings. The minimum atomic E-state index is -0.877. The Morgan fingerprint density at radius 1 is 0.941 bits per heavy atom. The third-order valence-electron chi connectivity index (χ3n) is 7.33. The molecule has 0 fully saturated rings. The molecule has 1 aliphatic heterocycles. The molecule has 0 radical (unpaired) electrons. The van der Waals surface area contributed by atoms with E-state index in [2.05, 4.69) is 44.0 Å². The van der Waals surface area contributed by atoms with Crippen LogP contribution in [0, 0.1) is 0 Å². The molecule has 4 rings (SSSR count). The van der Waals surface area contributed by atoms with Crippen molar-refractivity contribution in [3.8, 4) is 5.75 Å². The summed E-state index contributed by atoms with van der Waals surface area (Å²) in [5.41, 5.74) is 9.31. The molecule has 0 aliphatic carbocycles. The van der Waals surface area contributed by atoms with Crippen molar-refractivity contribution in [2.24, 2.45) is 5.73 Å². The molecule has 3 aromatic rings. The largest absolute Gasteiger partial charge is 0.369 e. The van der Waals surface area contributed by atoms with Gasteiger partial charge in [-0.1, -0.05) is 72.8 Å². The highest BCUT2D eigenvalue weighted by Crippen LogP contribution is 2.39. The fraction of sp³-hybridized carbons (Fsp3) is 0.345. The summed E-state index contributed by atoms with van der Waals surface area (Å²) in [6.07, 6.45) is 2.32. The van der Waals surface area contributed by atoms with Gasteiger partial charge in [-0.3, -0.25) is 4.79 Å². The van der Waals surface area contributed by atoms with E-state index in [9.17, 15) is 4.79 Å². The van der Waals surface area contributed by atoms with Gasteiger partial charge in [-0.15, -0.1) is 0 Å². The van der Waals surface area contributed by atoms with E-state index >= 15 is 0 Å². The van der Waals surface area contributed by atoms with Gasteiger partial charge in [0, 0.05) is 17.6 Å². The molecule has 0 bridgehead atoms. The lowest BCUT2D eigenvalue weighted by Gasteiger charge is -2.40. The van der Waals surface area contributed by atoms with E-state index in [1.54, 1.807) is 0 Å². The fourth-order valence-electron chi connectivity index (χ4n) is 4.70. The number of carbonyl (C=O) groups excluding carboxylic acids is 1. The first-order valence-electron chi connectivity index (χ1n) is 11.9. The SMILES string of the molecule is CN(CCc1ccc2c(c1)OOC2)C(C)(C)CCC(C(N)=O)(c1ccccc1)c1ccccc1. The maximum absolute atomic E-state index is 13.1. The van der Waals surface area contributed by atoms with Crippen LogP contribution in [0.2, 0.25) is 0 Å². The number of nitrogens with zero attached hydrogens (tertiary/aromatic N) is 1. The van der Waals surface area contributed by atoms with Crippen LogP contribution in [0.25, 0.3) is 0 Å². The fourth-order valence-corrected chi connectivity index (χ4v) is 4.70. The quantitative estimate of drug-likeness (QED) is 0.434. The summed E-state index contributed by atoms with van der Waals surface area (Å²) in [4.78, 5) is 25.8. The van der Waals surface area contributed by atoms with Gasteiger partial charge in [0.2, 0.25) is 5.91 Å². The molecule has 0 spiro atoms. The van der Waals surface area contributed by atoms with Crippen molar-refractivity contribution in [2.45, 2.75) is 50.7 Å². The Bertz CT molecular complexity index is 1070. The second-order valence-electron chi connectivity index (χ2n) is 9.77. The molecule has 34 heavy (non-hydrogen) atoms. The maximum atomic E-state index is 13.1. The van der Waals surface area contributed by atoms with E-state index in [1.165, 1.54) is 5.56 Å². The van der Waals surface area contributed by atoms with E-state index in [-0.39, 0.29) is 11.4 Å². The zero-order valence-corrected chi connectivity index (χ0v) is 20.3. The van der Waals surface area contributed by atoms with Gasteiger partial charge in [0.1, 0.15) is 6.61 Å². The third kappa shape index (κ3) is 4.86. The van der Waals surface area contributed by atoms with Gasteiger partial charge in [0.25, 0.3) is 0 Å². The van der Waals surface area contributed by atoms with Crippen molar-refractivity contribution >= 4 is 5.91 Å². The van der Waals surface area contributed by atoms with Crippen molar-refractivity contribution in [3.63, 3.8) is 0 Å². The third-order valence-corrected chi connectivity index (χ3v) is 7.33. The van der Waals surface area contributed by atoms with Gasteiger partial charge >= 0.3 is 0 Å². The molecule has 0 unspecified atom stereocenters. The lowest BCUT2D eigenvalue weighted by molar-refractivity contribution is -0.194. The Balaban J connectivity index is 1.51. The summed E-state index contributed by atoms with van der Waals surface area (Å²) >= 11 is 0. The van der Waals surface area contributed by atoms with Crippen LogP contribution in [0.4, 0.5) is 0 Å². The number of likely N-dealkylation sites (N-methyl/N-ethyl adjacent to an activating group) is 1. The van der Waals surface area contributed by atoms with Crippen LogP contribution < -0.4 is 10.6 Å². The van der Waals surface area contributed by atoms with E-state index in [0.717, 1.165) is 41.8 Å². The van der Waals surface area contributed by atoms with Crippen LogP contribution in [0.15, 0.2) is 78.9 Å². The smallest absolute Gasteiger partial charge is 0.232 e. The lowest BCUT2D eigenvalue weighted by Crippen LogP contribution is -2.47. The van der Waals surface area contributed by atoms with Gasteiger partial charge in [-0.05, 0) is 62.9 Å². The average Bonchev–Trinajstić information content (AvgIpc) is 3.32. The maximum Gasteiger partial charge on any atom is 0.232 e. The van der Waals surface area contributed by atoms with Gasteiger partial charge in [-0.2, -0.15) is 4.89 Å². The summed E-state index contributed by atoms with van der Waals surface area (Å²) in [6, 6.07) is 26.1. The molecule has 1 amide bonds. The van der Waals surface area contributed by atoms with Gasteiger partial charge in [0.15, 0.2) is 5.75 Å². The number of carbonyl (C=O) groups is 1. The summed E-state index contributed by atoms with van der Waals surface area (Å²) in [6.45, 7) is 5.85. The van der Waals surface area contributed by atoms with Crippen molar-refractivity contribution in [1.29, 1.82) is 0 Å². The van der Waals surface area contributed by atoms with Crippen LogP contribution in [0.1, 0.15) is 48.9 Å². The second kappa shape index (κ2) is 10.00. The Morgan fingerprint density at radius 2 is 1.56 bits per heavy atom. The minimum absolute atomic E-state index is 0.138. The summed E-state index contributed by atoms with van der Waals surface area (Å²) < 4.78 is 0. The number of hydrogen-bond donors (Lipinski definition) is 1. The molecule has 3 aromatic carbocycles. The first-order chi connectivity index (χ1) is 16.3. The van der Waals surface area contributed by atoms with Crippen molar-refractivity contribution in [3.05, 3.63) is 101 Å². The van der Waals surface area contributed by atoms with Crippen molar-refractivity contribution < 1.29 is 14.6 Å². The highest BCUT2D eigenvalue weighted by molar-refractivity contribution is 5.90. The minimum Gasteiger partial charge on any atom is -0.369 e. The van der Waals surface area contributed by atoms with E-state index < -0.39 is 5.41 Å². The highest BCUT2D eigenvalue weighted by atomic mass is 17.2. The van der Waals surface area contributed by atoms with Gasteiger partial charge in [0.05, 0.1) is 5.41 Å². The Morgan fingerprint density at radius 3 is 2.15 bits per heavy atom. The molecule has 178 valence electrons. The predicted molar refractivity (Wildman–Crippen MR) is 134 cm³/mol. The number of rotatable bonds is 10. The molecule has 1 heterocycles. The van der Waals surface area contributed by atoms with Crippen LogP contribution >= 0.6 is 0 Å². The number of nitrogens with two attached hydrogens (primary N) is 1. The number of fused-ring (bicyclic) bond motifs is 1. The summed E-state index contributed by atoms with van der Waals surface area (Å²) in [5, 5.41) is 0. The number of primary amides is 1. The summed E-state index contributed by atoms with van der Waals surface area (Å²) in [5.74, 6) is 0.500. The highest BCUT2D eigenvalue weighted by Gasteiger charge is 2.41. The zero-order chi connectivity index (χ0) is 24.2. The Labute approximate surface area is 202 Å². The lowest BCUT2D eigenvalue weighted by atomic mass is 9.69. The second-order valence-corrected chi connectivity index (χ2v) is 9.77. The molecule has 0 saturated heterocycles. The van der Waals surface area contributed by atoms with Crippen LogP contribution in [-0.2, 0) is 28.1 Å². The van der Waals surface area contributed by atoms with E-state index in [4.69, 9.17) is 15.5 Å². The first kappa shape index (κ1) is 24.0. The molecule has 5 heteroatoms. The number of amides is 1. The monoisotopic (exact) mass is 458 g/mol. The normalized spacial score (nSPS) is 13.5. The molecule has 0 aromatic heterocycles. The van der Waals surface area contributed by atoms with Crippen molar-refractivity contribution in [2.75, 3.05) is 13.6 Å². The van der Waals surface area contributed by atoms with Crippen LogP contribution in [-0.4, -0.2) is 29.9 Å². The number of benzene rings is 3. The molecule has 0 saturated carbocycles. The molecule has 5 nitrogen and oxygen atoms in total.